The number of nitrogens with one attached hydrogen (secondary N) is 1. The quantitative estimate of drug-likeness (QED) is 0.862. The Kier molecular flexibility index (Phi) is 4.39. The molecule has 1 aliphatic carbocycles. The van der Waals surface area contributed by atoms with Gasteiger partial charge in [-0.05, 0) is 56.9 Å². The van der Waals surface area contributed by atoms with E-state index in [-0.39, 0.29) is 0 Å². The van der Waals surface area contributed by atoms with Crippen molar-refractivity contribution in [2.45, 2.75) is 50.3 Å². The van der Waals surface area contributed by atoms with E-state index >= 15 is 0 Å². The highest BCUT2D eigenvalue weighted by atomic mass is 32.2. The molecule has 0 bridgehead atoms. The summed E-state index contributed by atoms with van der Waals surface area (Å²) < 4.78 is 0.355. The Morgan fingerprint density at radius 1 is 1.28 bits per heavy atom. The molecule has 0 heterocycles. The molecule has 0 radical (unpaired) electrons. The van der Waals surface area contributed by atoms with E-state index in [9.17, 15) is 0 Å². The zero-order valence-electron chi connectivity index (χ0n) is 12.0. The van der Waals surface area contributed by atoms with Crippen LogP contribution in [0.15, 0.2) is 24.3 Å². The molecule has 0 amide bonds. The third kappa shape index (κ3) is 3.30. The first kappa shape index (κ1) is 14.0. The van der Waals surface area contributed by atoms with Gasteiger partial charge in [-0.1, -0.05) is 24.3 Å². The summed E-state index contributed by atoms with van der Waals surface area (Å²) in [7, 11) is 0. The molecule has 1 aromatic rings. The molecule has 2 heteroatoms. The van der Waals surface area contributed by atoms with Crippen molar-refractivity contribution in [2.24, 2.45) is 0 Å². The van der Waals surface area contributed by atoms with Crippen molar-refractivity contribution in [1.82, 2.24) is 5.32 Å². The molecular weight excluding hydrogens is 238 g/mol. The van der Waals surface area contributed by atoms with E-state index in [0.717, 1.165) is 18.5 Å². The number of benzene rings is 1. The number of aryl methyl sites for hydroxylation is 1. The molecular formula is C16H25NS. The molecule has 0 atom stereocenters. The molecule has 0 saturated heterocycles. The Morgan fingerprint density at radius 3 is 2.56 bits per heavy atom. The number of rotatable bonds is 5. The van der Waals surface area contributed by atoms with Gasteiger partial charge in [0.25, 0.3) is 0 Å². The van der Waals surface area contributed by atoms with E-state index in [4.69, 9.17) is 0 Å². The Morgan fingerprint density at radius 2 is 1.94 bits per heavy atom. The predicted molar refractivity (Wildman–Crippen MR) is 82.5 cm³/mol. The summed E-state index contributed by atoms with van der Waals surface area (Å²) in [4.78, 5) is 0. The first-order chi connectivity index (χ1) is 8.52. The molecule has 1 fully saturated rings. The summed E-state index contributed by atoms with van der Waals surface area (Å²) >= 11 is 1.94. The van der Waals surface area contributed by atoms with Gasteiger partial charge in [-0.15, -0.1) is 0 Å². The summed E-state index contributed by atoms with van der Waals surface area (Å²) in [5.74, 6) is 0.779. The summed E-state index contributed by atoms with van der Waals surface area (Å²) in [5, 5.41) is 3.71. The highest BCUT2D eigenvalue weighted by Crippen LogP contribution is 2.38. The molecule has 1 aliphatic rings. The number of hydrogen-bond acceptors (Lipinski definition) is 2. The van der Waals surface area contributed by atoms with Crippen LogP contribution in [0.4, 0.5) is 0 Å². The summed E-state index contributed by atoms with van der Waals surface area (Å²) in [6.07, 6.45) is 4.79. The molecule has 2 rings (SSSR count). The van der Waals surface area contributed by atoms with E-state index in [0.29, 0.717) is 4.75 Å². The van der Waals surface area contributed by atoms with Crippen LogP contribution in [0.1, 0.15) is 43.7 Å². The molecule has 0 unspecified atom stereocenters. The highest BCUT2D eigenvalue weighted by molar-refractivity contribution is 7.99. The molecule has 0 spiro atoms. The first-order valence-corrected chi connectivity index (χ1v) is 8.08. The largest absolute Gasteiger partial charge is 0.313 e. The van der Waals surface area contributed by atoms with Gasteiger partial charge in [-0.25, -0.2) is 0 Å². The van der Waals surface area contributed by atoms with Crippen molar-refractivity contribution in [3.05, 3.63) is 35.4 Å². The second kappa shape index (κ2) is 5.66. The Bertz CT molecular complexity index is 394. The zero-order valence-corrected chi connectivity index (χ0v) is 12.8. The van der Waals surface area contributed by atoms with Crippen LogP contribution in [0.25, 0.3) is 0 Å². The average molecular weight is 263 g/mol. The SMILES string of the molecule is CSC(C)(C)CNC1CC(c2ccccc2C)C1. The van der Waals surface area contributed by atoms with Crippen LogP contribution in [-0.2, 0) is 0 Å². The number of hydrogen-bond donors (Lipinski definition) is 1. The summed E-state index contributed by atoms with van der Waals surface area (Å²) in [6.45, 7) is 7.95. The van der Waals surface area contributed by atoms with E-state index in [1.54, 1.807) is 5.56 Å². The molecule has 0 aromatic heterocycles. The average Bonchev–Trinajstić information content (AvgIpc) is 2.29. The van der Waals surface area contributed by atoms with E-state index in [1.165, 1.54) is 18.4 Å². The maximum Gasteiger partial charge on any atom is 0.0225 e. The standard InChI is InChI=1S/C16H25NS/c1-12-7-5-6-8-15(12)13-9-14(10-13)17-11-16(2,3)18-4/h5-8,13-14,17H,9-11H2,1-4H3. The molecule has 1 N–H and O–H groups in total. The normalized spacial score (nSPS) is 23.8. The van der Waals surface area contributed by atoms with Crippen molar-refractivity contribution < 1.29 is 0 Å². The fraction of sp³-hybridized carbons (Fsp3) is 0.625. The Labute approximate surface area is 116 Å². The predicted octanol–water partition coefficient (Wildman–Crippen LogP) is 3.97. The monoisotopic (exact) mass is 263 g/mol. The fourth-order valence-electron chi connectivity index (χ4n) is 2.55. The summed E-state index contributed by atoms with van der Waals surface area (Å²) in [6, 6.07) is 9.55. The second-order valence-corrected chi connectivity index (χ2v) is 7.58. The third-order valence-electron chi connectivity index (χ3n) is 4.14. The van der Waals surface area contributed by atoms with Gasteiger partial charge in [0.1, 0.15) is 0 Å². The van der Waals surface area contributed by atoms with E-state index < -0.39 is 0 Å². The van der Waals surface area contributed by atoms with Gasteiger partial charge in [-0.3, -0.25) is 0 Å². The van der Waals surface area contributed by atoms with Crippen molar-refractivity contribution in [3.63, 3.8) is 0 Å². The van der Waals surface area contributed by atoms with Crippen molar-refractivity contribution in [2.75, 3.05) is 12.8 Å². The second-order valence-electron chi connectivity index (χ2n) is 6.07. The third-order valence-corrected chi connectivity index (χ3v) is 5.38. The molecule has 1 saturated carbocycles. The van der Waals surface area contributed by atoms with Gasteiger partial charge in [0.2, 0.25) is 0 Å². The van der Waals surface area contributed by atoms with Crippen LogP contribution in [0.2, 0.25) is 0 Å². The van der Waals surface area contributed by atoms with Crippen molar-refractivity contribution in [1.29, 1.82) is 0 Å². The lowest BCUT2D eigenvalue weighted by Crippen LogP contribution is -2.45. The molecule has 100 valence electrons. The highest BCUT2D eigenvalue weighted by Gasteiger charge is 2.31. The maximum atomic E-state index is 3.71. The lowest BCUT2D eigenvalue weighted by Gasteiger charge is -2.39. The Balaban J connectivity index is 1.79. The van der Waals surface area contributed by atoms with E-state index in [2.05, 4.69) is 56.6 Å². The molecule has 18 heavy (non-hydrogen) atoms. The fourth-order valence-corrected chi connectivity index (χ4v) is 2.77. The van der Waals surface area contributed by atoms with Crippen LogP contribution in [-0.4, -0.2) is 23.6 Å². The molecule has 0 aliphatic heterocycles. The van der Waals surface area contributed by atoms with Crippen LogP contribution >= 0.6 is 11.8 Å². The van der Waals surface area contributed by atoms with Crippen LogP contribution in [0.5, 0.6) is 0 Å². The first-order valence-electron chi connectivity index (χ1n) is 6.86. The zero-order chi connectivity index (χ0) is 13.2. The molecule has 1 aromatic carbocycles. The topological polar surface area (TPSA) is 12.0 Å². The smallest absolute Gasteiger partial charge is 0.0225 e. The number of thioether (sulfide) groups is 1. The lowest BCUT2D eigenvalue weighted by molar-refractivity contribution is 0.285. The summed E-state index contributed by atoms with van der Waals surface area (Å²) in [5.41, 5.74) is 3.00. The Hall–Kier alpha value is -0.470. The van der Waals surface area contributed by atoms with E-state index in [1.807, 2.05) is 11.8 Å². The minimum Gasteiger partial charge on any atom is -0.313 e. The molecule has 1 nitrogen and oxygen atoms in total. The van der Waals surface area contributed by atoms with Crippen LogP contribution < -0.4 is 5.32 Å². The maximum absolute atomic E-state index is 3.71. The van der Waals surface area contributed by atoms with Crippen LogP contribution in [0.3, 0.4) is 0 Å². The van der Waals surface area contributed by atoms with Gasteiger partial charge >= 0.3 is 0 Å². The van der Waals surface area contributed by atoms with Gasteiger partial charge in [0.05, 0.1) is 0 Å². The van der Waals surface area contributed by atoms with Gasteiger partial charge in [0.15, 0.2) is 0 Å². The van der Waals surface area contributed by atoms with Crippen LogP contribution in [0, 0.1) is 6.92 Å². The van der Waals surface area contributed by atoms with Gasteiger partial charge in [-0.2, -0.15) is 11.8 Å². The lowest BCUT2D eigenvalue weighted by atomic mass is 9.74. The minimum atomic E-state index is 0.355. The minimum absolute atomic E-state index is 0.355. The van der Waals surface area contributed by atoms with Gasteiger partial charge < -0.3 is 5.32 Å². The van der Waals surface area contributed by atoms with Crippen molar-refractivity contribution >= 4 is 11.8 Å². The van der Waals surface area contributed by atoms with Gasteiger partial charge in [0, 0.05) is 17.3 Å². The van der Waals surface area contributed by atoms with Crippen molar-refractivity contribution in [3.8, 4) is 0 Å².